The number of nitrogens with zero attached hydrogens (tertiary/aromatic N) is 1. The summed E-state index contributed by atoms with van der Waals surface area (Å²) in [6.07, 6.45) is 7.24. The zero-order chi connectivity index (χ0) is 26.3. The topological polar surface area (TPSA) is 95.9 Å². The summed E-state index contributed by atoms with van der Waals surface area (Å²) >= 11 is 1.29. The minimum Gasteiger partial charge on any atom is -0.476 e. The van der Waals surface area contributed by atoms with Crippen LogP contribution >= 0.6 is 11.8 Å². The molecule has 0 atom stereocenters. The second kappa shape index (κ2) is 12.1. The number of sulfonamides is 1. The lowest BCUT2D eigenvalue weighted by molar-refractivity contribution is -0.134. The fraction of sp³-hybridized carbons (Fsp3) is 0.423. The van der Waals surface area contributed by atoms with Gasteiger partial charge in [-0.15, -0.1) is 11.8 Å². The Balaban J connectivity index is 2.24. The summed E-state index contributed by atoms with van der Waals surface area (Å²) in [5, 5.41) is 8.82. The molecule has 36 heavy (non-hydrogen) atoms. The number of rotatable bonds is 11. The van der Waals surface area contributed by atoms with E-state index in [0.29, 0.717) is 36.2 Å². The zero-order valence-electron chi connectivity index (χ0n) is 20.8. The fourth-order valence-corrected chi connectivity index (χ4v) is 6.58. The van der Waals surface area contributed by atoms with Gasteiger partial charge in [0.15, 0.2) is 0 Å². The van der Waals surface area contributed by atoms with Gasteiger partial charge in [0.25, 0.3) is 0 Å². The number of benzene rings is 2. The molecule has 0 unspecified atom stereocenters. The Morgan fingerprint density at radius 2 is 1.83 bits per heavy atom. The molecule has 0 amide bonds. The number of carbonyl (C=O) groups is 1. The molecule has 0 aliphatic carbocycles. The molecule has 1 aliphatic heterocycles. The number of hydrogen-bond acceptors (Lipinski definition) is 6. The van der Waals surface area contributed by atoms with Gasteiger partial charge in [0, 0.05) is 18.3 Å². The molecular weight excluding hydrogens is 503 g/mol. The maximum absolute atomic E-state index is 13.8. The van der Waals surface area contributed by atoms with Crippen LogP contribution in [-0.2, 0) is 14.8 Å². The number of aliphatic carboxylic acids is 1. The minimum atomic E-state index is -4.00. The summed E-state index contributed by atoms with van der Waals surface area (Å²) in [4.78, 5) is 13.4. The van der Waals surface area contributed by atoms with Gasteiger partial charge in [-0.05, 0) is 37.3 Å². The predicted molar refractivity (Wildman–Crippen MR) is 141 cm³/mol. The number of carboxylic acids is 1. The van der Waals surface area contributed by atoms with E-state index in [9.17, 15) is 17.6 Å². The first-order chi connectivity index (χ1) is 17.2. The van der Waals surface area contributed by atoms with Gasteiger partial charge in [-0.25, -0.2) is 17.9 Å². The molecule has 0 saturated carbocycles. The Hall–Kier alpha value is -2.56. The number of para-hydroxylation sites is 1. The number of unbranched alkanes of at least 4 members (excludes halogenated alkanes) is 2. The third kappa shape index (κ3) is 6.41. The van der Waals surface area contributed by atoms with Gasteiger partial charge in [-0.1, -0.05) is 57.7 Å². The summed E-state index contributed by atoms with van der Waals surface area (Å²) in [5.74, 6) is -3.19. The number of anilines is 2. The Morgan fingerprint density at radius 1 is 1.19 bits per heavy atom. The SMILES string of the molecule is CCCCC1(CCCC)CN(c2ccccc2)c2cc(SC)c(O/C=C(\F)C(=O)O)cc2S(=O)(=O)N1. The van der Waals surface area contributed by atoms with E-state index in [1.54, 1.807) is 12.3 Å². The van der Waals surface area contributed by atoms with Crippen molar-refractivity contribution in [2.45, 2.75) is 67.7 Å². The van der Waals surface area contributed by atoms with Crippen molar-refractivity contribution < 1.29 is 27.4 Å². The monoisotopic (exact) mass is 536 g/mol. The Kier molecular flexibility index (Phi) is 9.43. The molecule has 196 valence electrons. The van der Waals surface area contributed by atoms with Crippen LogP contribution in [0.4, 0.5) is 15.8 Å². The molecular formula is C26H33FN2O5S2. The number of fused-ring (bicyclic) bond motifs is 1. The summed E-state index contributed by atoms with van der Waals surface area (Å²) in [5.41, 5.74) is 0.658. The smallest absolute Gasteiger partial charge is 0.368 e. The van der Waals surface area contributed by atoms with E-state index < -0.39 is 27.4 Å². The van der Waals surface area contributed by atoms with Gasteiger partial charge in [-0.3, -0.25) is 0 Å². The summed E-state index contributed by atoms with van der Waals surface area (Å²) in [7, 11) is -4.00. The molecule has 0 saturated heterocycles. The van der Waals surface area contributed by atoms with Gasteiger partial charge < -0.3 is 14.7 Å². The molecule has 1 heterocycles. The average Bonchev–Trinajstić information content (AvgIpc) is 2.96. The van der Waals surface area contributed by atoms with Crippen LogP contribution in [0, 0.1) is 0 Å². The first-order valence-corrected chi connectivity index (χ1v) is 14.7. The minimum absolute atomic E-state index is 0.00171. The molecule has 0 aromatic heterocycles. The summed E-state index contributed by atoms with van der Waals surface area (Å²) < 4.78 is 49.6. The molecule has 3 rings (SSSR count). The number of carboxylic acid groups (broad SMARTS) is 1. The first-order valence-electron chi connectivity index (χ1n) is 12.0. The Morgan fingerprint density at radius 3 is 2.39 bits per heavy atom. The van der Waals surface area contributed by atoms with Gasteiger partial charge >= 0.3 is 5.97 Å². The number of ether oxygens (including phenoxy) is 1. The number of hydrogen-bond donors (Lipinski definition) is 2. The van der Waals surface area contributed by atoms with E-state index in [0.717, 1.165) is 31.4 Å². The summed E-state index contributed by atoms with van der Waals surface area (Å²) in [6.45, 7) is 4.62. The van der Waals surface area contributed by atoms with Crippen molar-refractivity contribution in [2.24, 2.45) is 0 Å². The van der Waals surface area contributed by atoms with Gasteiger partial charge in [0.1, 0.15) is 16.9 Å². The molecule has 1 aliphatic rings. The molecule has 0 radical (unpaired) electrons. The lowest BCUT2D eigenvalue weighted by Gasteiger charge is -2.37. The van der Waals surface area contributed by atoms with Crippen molar-refractivity contribution in [2.75, 3.05) is 17.7 Å². The fourth-order valence-electron chi connectivity index (χ4n) is 4.39. The van der Waals surface area contributed by atoms with Crippen LogP contribution in [0.15, 0.2) is 64.3 Å². The van der Waals surface area contributed by atoms with E-state index in [4.69, 9.17) is 9.84 Å². The van der Waals surface area contributed by atoms with E-state index in [1.807, 2.05) is 35.2 Å². The van der Waals surface area contributed by atoms with Crippen molar-refractivity contribution in [3.63, 3.8) is 0 Å². The normalized spacial score (nSPS) is 16.8. The van der Waals surface area contributed by atoms with E-state index in [-0.39, 0.29) is 10.6 Å². The lowest BCUT2D eigenvalue weighted by Crippen LogP contribution is -2.53. The van der Waals surface area contributed by atoms with Crippen LogP contribution in [0.2, 0.25) is 0 Å². The van der Waals surface area contributed by atoms with Crippen LogP contribution < -0.4 is 14.4 Å². The molecule has 0 bridgehead atoms. The standard InChI is InChI=1S/C26H33FN2O5S2/c1-4-6-13-26(14-7-5-2)18-29(19-11-9-8-10-12-19)21-15-23(35-3)22(34-17-20(27)25(30)31)16-24(21)36(32,33)28-26/h8-12,15-17,28H,4-7,13-14,18H2,1-3H3,(H,30,31)/b20-17-. The van der Waals surface area contributed by atoms with Crippen LogP contribution in [0.25, 0.3) is 0 Å². The highest BCUT2D eigenvalue weighted by Crippen LogP contribution is 2.44. The van der Waals surface area contributed by atoms with Crippen LogP contribution in [-0.4, -0.2) is 37.8 Å². The van der Waals surface area contributed by atoms with E-state index in [1.165, 1.54) is 17.8 Å². The highest BCUT2D eigenvalue weighted by Gasteiger charge is 2.42. The molecule has 2 aromatic carbocycles. The Bertz CT molecular complexity index is 1190. The van der Waals surface area contributed by atoms with Crippen molar-refractivity contribution in [1.29, 1.82) is 0 Å². The predicted octanol–water partition coefficient (Wildman–Crippen LogP) is 6.23. The molecule has 7 nitrogen and oxygen atoms in total. The van der Waals surface area contributed by atoms with Crippen molar-refractivity contribution in [3.8, 4) is 5.75 Å². The number of nitrogens with one attached hydrogen (secondary N) is 1. The molecule has 2 N–H and O–H groups in total. The van der Waals surface area contributed by atoms with Crippen LogP contribution in [0.1, 0.15) is 52.4 Å². The van der Waals surface area contributed by atoms with Gasteiger partial charge in [0.05, 0.1) is 16.1 Å². The van der Waals surface area contributed by atoms with Crippen molar-refractivity contribution in [3.05, 3.63) is 54.6 Å². The first kappa shape index (κ1) is 28.0. The maximum Gasteiger partial charge on any atom is 0.368 e. The molecule has 2 aromatic rings. The third-order valence-electron chi connectivity index (χ3n) is 6.22. The summed E-state index contributed by atoms with van der Waals surface area (Å²) in [6, 6.07) is 12.7. The van der Waals surface area contributed by atoms with Crippen molar-refractivity contribution in [1.82, 2.24) is 4.72 Å². The second-order valence-corrected chi connectivity index (χ2v) is 11.4. The average molecular weight is 537 g/mol. The highest BCUT2D eigenvalue weighted by molar-refractivity contribution is 7.98. The zero-order valence-corrected chi connectivity index (χ0v) is 22.4. The van der Waals surface area contributed by atoms with Gasteiger partial charge in [-0.2, -0.15) is 4.39 Å². The van der Waals surface area contributed by atoms with Crippen LogP contribution in [0.3, 0.4) is 0 Å². The molecule has 0 fully saturated rings. The maximum atomic E-state index is 13.8. The van der Waals surface area contributed by atoms with Gasteiger partial charge in [0.2, 0.25) is 15.9 Å². The lowest BCUT2D eigenvalue weighted by atomic mass is 9.87. The number of halogens is 1. The van der Waals surface area contributed by atoms with E-state index in [2.05, 4.69) is 18.6 Å². The highest BCUT2D eigenvalue weighted by atomic mass is 32.2. The Labute approximate surface area is 216 Å². The quantitative estimate of drug-likeness (QED) is 0.200. The third-order valence-corrected chi connectivity index (χ3v) is 8.58. The second-order valence-electron chi connectivity index (χ2n) is 8.87. The van der Waals surface area contributed by atoms with E-state index >= 15 is 0 Å². The number of thioether (sulfide) groups is 1. The molecule has 10 heteroatoms. The molecule has 0 spiro atoms. The van der Waals surface area contributed by atoms with Crippen molar-refractivity contribution >= 4 is 39.1 Å². The largest absolute Gasteiger partial charge is 0.476 e. The van der Waals surface area contributed by atoms with Crippen LogP contribution in [0.5, 0.6) is 5.75 Å².